The summed E-state index contributed by atoms with van der Waals surface area (Å²) >= 11 is 0. The van der Waals surface area contributed by atoms with Crippen molar-refractivity contribution in [2.24, 2.45) is 11.3 Å². The number of hydrogen-bond donors (Lipinski definition) is 0. The maximum absolute atomic E-state index is 6.11. The van der Waals surface area contributed by atoms with Crippen molar-refractivity contribution in [2.75, 3.05) is 45.9 Å². The van der Waals surface area contributed by atoms with Crippen LogP contribution in [-0.4, -0.2) is 55.7 Å². The quantitative estimate of drug-likeness (QED) is 0.564. The van der Waals surface area contributed by atoms with E-state index in [1.807, 2.05) is 0 Å². The van der Waals surface area contributed by atoms with Crippen molar-refractivity contribution in [1.29, 1.82) is 0 Å². The SMILES string of the molecule is CC1(C)CCCN(CCCOc2ccc3c(c2)CCC(CN2CCCC2)C3)C1.Cl. The van der Waals surface area contributed by atoms with Gasteiger partial charge in [-0.15, -0.1) is 12.4 Å². The number of nitrogens with zero attached hydrogens (tertiary/aromatic N) is 2. The van der Waals surface area contributed by atoms with E-state index >= 15 is 0 Å². The van der Waals surface area contributed by atoms with Crippen LogP contribution in [0.5, 0.6) is 5.75 Å². The van der Waals surface area contributed by atoms with E-state index in [2.05, 4.69) is 41.8 Å². The predicted molar refractivity (Wildman–Crippen MR) is 124 cm³/mol. The fourth-order valence-corrected chi connectivity index (χ4v) is 5.60. The summed E-state index contributed by atoms with van der Waals surface area (Å²) in [7, 11) is 0. The third-order valence-corrected chi connectivity index (χ3v) is 7.09. The summed E-state index contributed by atoms with van der Waals surface area (Å²) in [6.45, 7) is 13.3. The summed E-state index contributed by atoms with van der Waals surface area (Å²) in [6, 6.07) is 6.88. The van der Waals surface area contributed by atoms with Crippen LogP contribution >= 0.6 is 12.4 Å². The van der Waals surface area contributed by atoms with E-state index in [4.69, 9.17) is 4.74 Å². The van der Waals surface area contributed by atoms with Crippen LogP contribution in [-0.2, 0) is 12.8 Å². The Hall–Kier alpha value is -0.770. The lowest BCUT2D eigenvalue weighted by Gasteiger charge is -2.38. The first-order chi connectivity index (χ1) is 13.6. The smallest absolute Gasteiger partial charge is 0.119 e. The fourth-order valence-electron chi connectivity index (χ4n) is 5.60. The Labute approximate surface area is 184 Å². The average Bonchev–Trinajstić information content (AvgIpc) is 3.17. The largest absolute Gasteiger partial charge is 0.494 e. The average molecular weight is 421 g/mol. The molecule has 0 N–H and O–H groups in total. The molecule has 2 saturated heterocycles. The number of fused-ring (bicyclic) bond motifs is 1. The lowest BCUT2D eigenvalue weighted by atomic mass is 9.83. The minimum Gasteiger partial charge on any atom is -0.494 e. The molecule has 3 aliphatic rings. The fraction of sp³-hybridized carbons (Fsp3) is 0.760. The van der Waals surface area contributed by atoms with Crippen molar-refractivity contribution >= 4 is 12.4 Å². The van der Waals surface area contributed by atoms with Crippen molar-refractivity contribution in [3.05, 3.63) is 29.3 Å². The highest BCUT2D eigenvalue weighted by Crippen LogP contribution is 2.30. The second-order valence-electron chi connectivity index (χ2n) is 10.3. The highest BCUT2D eigenvalue weighted by molar-refractivity contribution is 5.85. The van der Waals surface area contributed by atoms with Gasteiger partial charge in [0.15, 0.2) is 0 Å². The van der Waals surface area contributed by atoms with Crippen molar-refractivity contribution in [3.63, 3.8) is 0 Å². The summed E-state index contributed by atoms with van der Waals surface area (Å²) in [5, 5.41) is 0. The monoisotopic (exact) mass is 420 g/mol. The summed E-state index contributed by atoms with van der Waals surface area (Å²) in [5.41, 5.74) is 3.59. The van der Waals surface area contributed by atoms with Gasteiger partial charge in [-0.05, 0) is 106 Å². The molecule has 0 radical (unpaired) electrons. The van der Waals surface area contributed by atoms with Gasteiger partial charge < -0.3 is 14.5 Å². The molecule has 1 aromatic rings. The van der Waals surface area contributed by atoms with Gasteiger partial charge in [-0.25, -0.2) is 0 Å². The van der Waals surface area contributed by atoms with Gasteiger partial charge in [0.2, 0.25) is 0 Å². The van der Waals surface area contributed by atoms with Gasteiger partial charge >= 0.3 is 0 Å². The summed E-state index contributed by atoms with van der Waals surface area (Å²) < 4.78 is 6.11. The molecule has 1 atom stereocenters. The molecule has 2 aliphatic heterocycles. The van der Waals surface area contributed by atoms with Gasteiger partial charge in [-0.3, -0.25) is 0 Å². The van der Waals surface area contributed by atoms with E-state index in [0.29, 0.717) is 5.41 Å². The molecule has 0 bridgehead atoms. The molecule has 1 aromatic carbocycles. The lowest BCUT2D eigenvalue weighted by molar-refractivity contribution is 0.111. The normalized spacial score (nSPS) is 24.7. The molecule has 1 unspecified atom stereocenters. The molecule has 0 aromatic heterocycles. The second-order valence-corrected chi connectivity index (χ2v) is 10.3. The Balaban J connectivity index is 0.00000240. The Morgan fingerprint density at radius 3 is 2.62 bits per heavy atom. The van der Waals surface area contributed by atoms with Crippen molar-refractivity contribution in [1.82, 2.24) is 9.80 Å². The first-order valence-corrected chi connectivity index (χ1v) is 11.8. The van der Waals surface area contributed by atoms with Crippen LogP contribution in [0.15, 0.2) is 18.2 Å². The van der Waals surface area contributed by atoms with E-state index in [9.17, 15) is 0 Å². The van der Waals surface area contributed by atoms with Gasteiger partial charge in [0.05, 0.1) is 6.61 Å². The van der Waals surface area contributed by atoms with Crippen LogP contribution < -0.4 is 4.74 Å². The number of ether oxygens (including phenoxy) is 1. The zero-order valence-electron chi connectivity index (χ0n) is 18.6. The Morgan fingerprint density at radius 1 is 1.03 bits per heavy atom. The number of likely N-dealkylation sites (tertiary alicyclic amines) is 2. The van der Waals surface area contributed by atoms with Gasteiger partial charge in [0, 0.05) is 19.6 Å². The van der Waals surface area contributed by atoms with E-state index in [1.165, 1.54) is 89.8 Å². The minimum absolute atomic E-state index is 0. The number of piperidine rings is 1. The van der Waals surface area contributed by atoms with E-state index in [0.717, 1.165) is 24.7 Å². The van der Waals surface area contributed by atoms with Crippen LogP contribution in [0.1, 0.15) is 63.5 Å². The zero-order valence-corrected chi connectivity index (χ0v) is 19.4. The van der Waals surface area contributed by atoms with Gasteiger partial charge in [-0.1, -0.05) is 19.9 Å². The molecule has 4 heteroatoms. The van der Waals surface area contributed by atoms with Gasteiger partial charge in [0.25, 0.3) is 0 Å². The van der Waals surface area contributed by atoms with Crippen molar-refractivity contribution in [3.8, 4) is 5.75 Å². The Bertz CT molecular complexity index is 642. The molecular weight excluding hydrogens is 380 g/mol. The first-order valence-electron chi connectivity index (χ1n) is 11.8. The van der Waals surface area contributed by atoms with Gasteiger partial charge in [0.1, 0.15) is 5.75 Å². The molecule has 0 amide bonds. The molecule has 3 nitrogen and oxygen atoms in total. The molecule has 2 heterocycles. The molecule has 0 saturated carbocycles. The highest BCUT2D eigenvalue weighted by atomic mass is 35.5. The van der Waals surface area contributed by atoms with Crippen molar-refractivity contribution < 1.29 is 4.74 Å². The molecular formula is C25H41ClN2O. The van der Waals surface area contributed by atoms with Crippen LogP contribution in [0.2, 0.25) is 0 Å². The third-order valence-electron chi connectivity index (χ3n) is 7.09. The van der Waals surface area contributed by atoms with E-state index in [1.54, 1.807) is 5.56 Å². The van der Waals surface area contributed by atoms with E-state index < -0.39 is 0 Å². The Kier molecular flexibility index (Phi) is 8.30. The number of hydrogen-bond acceptors (Lipinski definition) is 3. The number of halogens is 1. The standard InChI is InChI=1S/C25H40N2O.ClH/c1-25(2)11-5-14-27(20-25)15-6-16-28-24-10-9-22-17-21(7-8-23(22)18-24)19-26-12-3-4-13-26;/h9-10,18,21H,3-8,11-17,19-20H2,1-2H3;1H. The van der Waals surface area contributed by atoms with Crippen LogP contribution in [0.3, 0.4) is 0 Å². The van der Waals surface area contributed by atoms with Crippen molar-refractivity contribution in [2.45, 2.75) is 65.2 Å². The summed E-state index contributed by atoms with van der Waals surface area (Å²) in [5.74, 6) is 1.93. The third kappa shape index (κ3) is 6.60. The molecule has 4 rings (SSSR count). The zero-order chi connectivity index (χ0) is 19.4. The molecule has 2 fully saturated rings. The minimum atomic E-state index is 0. The van der Waals surface area contributed by atoms with Crippen LogP contribution in [0.4, 0.5) is 0 Å². The first kappa shape index (κ1) is 22.9. The highest BCUT2D eigenvalue weighted by Gasteiger charge is 2.26. The molecule has 164 valence electrons. The maximum atomic E-state index is 6.11. The molecule has 29 heavy (non-hydrogen) atoms. The topological polar surface area (TPSA) is 15.7 Å². The lowest BCUT2D eigenvalue weighted by Crippen LogP contribution is -2.40. The summed E-state index contributed by atoms with van der Waals surface area (Å²) in [6.07, 6.45) is 10.5. The second kappa shape index (κ2) is 10.5. The number of rotatable bonds is 7. The van der Waals surface area contributed by atoms with Crippen LogP contribution in [0, 0.1) is 11.3 Å². The maximum Gasteiger partial charge on any atom is 0.119 e. The molecule has 0 spiro atoms. The number of aryl methyl sites for hydroxylation is 1. The predicted octanol–water partition coefficient (Wildman–Crippen LogP) is 5.20. The van der Waals surface area contributed by atoms with E-state index in [-0.39, 0.29) is 12.4 Å². The van der Waals surface area contributed by atoms with Gasteiger partial charge in [-0.2, -0.15) is 0 Å². The Morgan fingerprint density at radius 2 is 1.83 bits per heavy atom. The number of benzene rings is 1. The summed E-state index contributed by atoms with van der Waals surface area (Å²) in [4.78, 5) is 5.30. The van der Waals surface area contributed by atoms with Crippen LogP contribution in [0.25, 0.3) is 0 Å². The molecule has 1 aliphatic carbocycles.